The van der Waals surface area contributed by atoms with Crippen molar-refractivity contribution in [3.63, 3.8) is 0 Å². The molecule has 0 bridgehead atoms. The molecule has 6 N–H and O–H groups in total. The number of fused-ring (bicyclic) bond motifs is 5. The van der Waals surface area contributed by atoms with E-state index >= 15 is 0 Å². The molecule has 0 aliphatic heterocycles. The van der Waals surface area contributed by atoms with Gasteiger partial charge >= 0.3 is 11.9 Å². The Hall–Kier alpha value is -6.94. The number of nitrogens with two attached hydrogens (primary N) is 1. The van der Waals surface area contributed by atoms with E-state index in [0.717, 1.165) is 40.1 Å². The second kappa shape index (κ2) is 13.4. The van der Waals surface area contributed by atoms with Gasteiger partial charge in [0.25, 0.3) is 5.91 Å². The third-order valence-electron chi connectivity index (χ3n) is 9.21. The van der Waals surface area contributed by atoms with Gasteiger partial charge in [0.15, 0.2) is 0 Å². The number of anilines is 2. The summed E-state index contributed by atoms with van der Waals surface area (Å²) in [5.74, 6) is -2.88. The smallest absolute Gasteiger partial charge is 0.336 e. The molecule has 7 rings (SSSR count). The Morgan fingerprint density at radius 1 is 0.615 bits per heavy atom. The van der Waals surface area contributed by atoms with Crippen LogP contribution in [0.2, 0.25) is 0 Å². The number of aromatic carboxylic acids is 2. The summed E-state index contributed by atoms with van der Waals surface area (Å²) in [4.78, 5) is 50.2. The van der Waals surface area contributed by atoms with Gasteiger partial charge in [-0.1, -0.05) is 37.6 Å². The van der Waals surface area contributed by atoms with E-state index in [1.165, 1.54) is 29.8 Å². The van der Waals surface area contributed by atoms with Crippen molar-refractivity contribution < 1.29 is 34.1 Å². The fraction of sp³-hybridized carbons (Fsp3) is 0.0952. The maximum atomic E-state index is 13.8. The van der Waals surface area contributed by atoms with E-state index in [2.05, 4.69) is 29.7 Å². The van der Waals surface area contributed by atoms with Crippen molar-refractivity contribution in [1.82, 2.24) is 0 Å². The minimum Gasteiger partial charge on any atom is -0.478 e. The Labute approximate surface area is 297 Å². The van der Waals surface area contributed by atoms with Crippen LogP contribution < -0.4 is 21.1 Å². The van der Waals surface area contributed by atoms with Crippen molar-refractivity contribution in [3.8, 4) is 11.5 Å². The lowest BCUT2D eigenvalue weighted by molar-refractivity contribution is 0.0683. The SMILES string of the molecule is CCCc1ccc(Oc2c3ccc(NC)cc3cc3cc(NC(=O)c4cc5ccc6cc(C(N)=O)c(C(=O)O)cc6c5cc4C(=O)O)ccc23)cc1. The third-order valence-corrected chi connectivity index (χ3v) is 9.21. The fourth-order valence-electron chi connectivity index (χ4n) is 6.66. The molecule has 0 heterocycles. The van der Waals surface area contributed by atoms with Crippen molar-refractivity contribution >= 4 is 78.2 Å². The zero-order chi connectivity index (χ0) is 36.7. The van der Waals surface area contributed by atoms with Crippen molar-refractivity contribution in [1.29, 1.82) is 0 Å². The molecule has 0 saturated carbocycles. The van der Waals surface area contributed by atoms with Gasteiger partial charge in [-0.25, -0.2) is 9.59 Å². The highest BCUT2D eigenvalue weighted by atomic mass is 16.5. The van der Waals surface area contributed by atoms with Crippen molar-refractivity contribution in [2.75, 3.05) is 17.7 Å². The van der Waals surface area contributed by atoms with Gasteiger partial charge in [0.1, 0.15) is 11.5 Å². The number of amides is 2. The van der Waals surface area contributed by atoms with Crippen LogP contribution in [-0.2, 0) is 6.42 Å². The van der Waals surface area contributed by atoms with Crippen LogP contribution in [0.4, 0.5) is 11.4 Å². The molecule has 7 aromatic carbocycles. The predicted octanol–water partition coefficient (Wildman–Crippen LogP) is 8.83. The first kappa shape index (κ1) is 33.6. The molecule has 10 heteroatoms. The standard InChI is InChI=1S/C42H33N3O7/c1-3-4-22-5-11-29(12-6-22)52-38-30-13-9-27(44-2)16-25(30)15-26-17-28(10-14-31(26)38)45-40(47)35-19-24-8-7-23-18-34(39(43)46)36(41(48)49)20-32(23)33(24)21-37(35)42(50)51/h5-21,44H,3-4H2,1-2H3,(H2,43,46)(H,45,47)(H,48,49)(H,50,51). The van der Waals surface area contributed by atoms with Gasteiger partial charge in [-0.3, -0.25) is 9.59 Å². The van der Waals surface area contributed by atoms with E-state index in [-0.39, 0.29) is 22.3 Å². The molecule has 0 fully saturated rings. The minimum absolute atomic E-state index is 0.0839. The Morgan fingerprint density at radius 3 is 1.73 bits per heavy atom. The molecule has 0 aromatic heterocycles. The van der Waals surface area contributed by atoms with E-state index in [0.29, 0.717) is 38.7 Å². The highest BCUT2D eigenvalue weighted by Gasteiger charge is 2.22. The first-order valence-corrected chi connectivity index (χ1v) is 16.6. The van der Waals surface area contributed by atoms with Crippen LogP contribution in [0.3, 0.4) is 0 Å². The molecule has 258 valence electrons. The van der Waals surface area contributed by atoms with Gasteiger partial charge in [0, 0.05) is 29.2 Å². The van der Waals surface area contributed by atoms with Crippen LogP contribution in [0.25, 0.3) is 43.1 Å². The number of primary amides is 1. The summed E-state index contributed by atoms with van der Waals surface area (Å²) in [6.07, 6.45) is 2.03. The zero-order valence-electron chi connectivity index (χ0n) is 28.2. The number of carbonyl (C=O) groups excluding carboxylic acids is 2. The summed E-state index contributed by atoms with van der Waals surface area (Å²) in [6.45, 7) is 2.14. The van der Waals surface area contributed by atoms with Gasteiger partial charge in [0.05, 0.1) is 22.3 Å². The lowest BCUT2D eigenvalue weighted by Crippen LogP contribution is -2.17. The van der Waals surface area contributed by atoms with Gasteiger partial charge < -0.3 is 31.3 Å². The molecular formula is C42H33N3O7. The van der Waals surface area contributed by atoms with Crippen molar-refractivity contribution in [3.05, 3.63) is 131 Å². The molecule has 0 radical (unpaired) electrons. The lowest BCUT2D eigenvalue weighted by Gasteiger charge is -2.16. The summed E-state index contributed by atoms with van der Waals surface area (Å²) in [5.41, 5.74) is 7.18. The highest BCUT2D eigenvalue weighted by Crippen LogP contribution is 2.40. The zero-order valence-corrected chi connectivity index (χ0v) is 28.2. The Kier molecular flexibility index (Phi) is 8.65. The van der Waals surface area contributed by atoms with E-state index in [9.17, 15) is 29.4 Å². The van der Waals surface area contributed by atoms with Crippen LogP contribution in [0.1, 0.15) is 60.3 Å². The first-order chi connectivity index (χ1) is 25.0. The number of nitrogens with one attached hydrogen (secondary N) is 2. The minimum atomic E-state index is -1.35. The van der Waals surface area contributed by atoms with E-state index in [1.54, 1.807) is 18.2 Å². The van der Waals surface area contributed by atoms with Crippen LogP contribution in [-0.4, -0.2) is 41.0 Å². The number of hydrogen-bond acceptors (Lipinski definition) is 6. The monoisotopic (exact) mass is 691 g/mol. The summed E-state index contributed by atoms with van der Waals surface area (Å²) in [7, 11) is 1.85. The van der Waals surface area contributed by atoms with Crippen molar-refractivity contribution in [2.24, 2.45) is 5.73 Å². The Morgan fingerprint density at radius 2 is 1.17 bits per heavy atom. The summed E-state index contributed by atoms with van der Waals surface area (Å²) >= 11 is 0. The summed E-state index contributed by atoms with van der Waals surface area (Å²) in [5, 5.41) is 31.2. The van der Waals surface area contributed by atoms with Gasteiger partial charge in [-0.05, 0) is 123 Å². The van der Waals surface area contributed by atoms with Gasteiger partial charge in [-0.2, -0.15) is 0 Å². The van der Waals surface area contributed by atoms with Crippen LogP contribution in [0.15, 0.2) is 103 Å². The number of benzene rings is 7. The molecule has 2 amide bonds. The maximum absolute atomic E-state index is 13.8. The Balaban J connectivity index is 1.29. The highest BCUT2D eigenvalue weighted by molar-refractivity contribution is 6.19. The second-order valence-electron chi connectivity index (χ2n) is 12.6. The molecule has 0 aliphatic rings. The topological polar surface area (TPSA) is 168 Å². The van der Waals surface area contributed by atoms with Gasteiger partial charge in [0.2, 0.25) is 5.91 Å². The largest absolute Gasteiger partial charge is 0.478 e. The number of carboxylic acid groups (broad SMARTS) is 2. The van der Waals surface area contributed by atoms with Crippen LogP contribution in [0, 0.1) is 0 Å². The number of ether oxygens (including phenoxy) is 1. The third kappa shape index (κ3) is 6.18. The van der Waals surface area contributed by atoms with Gasteiger partial charge in [-0.15, -0.1) is 0 Å². The molecule has 52 heavy (non-hydrogen) atoms. The van der Waals surface area contributed by atoms with Crippen LogP contribution in [0.5, 0.6) is 11.5 Å². The van der Waals surface area contributed by atoms with Crippen LogP contribution >= 0.6 is 0 Å². The molecule has 0 aliphatic carbocycles. The Bertz CT molecular complexity index is 2630. The molecule has 0 unspecified atom stereocenters. The second-order valence-corrected chi connectivity index (χ2v) is 12.6. The molecule has 10 nitrogen and oxygen atoms in total. The molecule has 0 spiro atoms. The summed E-state index contributed by atoms with van der Waals surface area (Å²) < 4.78 is 6.53. The summed E-state index contributed by atoms with van der Waals surface area (Å²) in [6, 6.07) is 30.3. The fourth-order valence-corrected chi connectivity index (χ4v) is 6.66. The lowest BCUT2D eigenvalue weighted by atomic mass is 9.93. The number of rotatable bonds is 10. The molecular weight excluding hydrogens is 658 g/mol. The number of aryl methyl sites for hydroxylation is 1. The normalized spacial score (nSPS) is 11.2. The average molecular weight is 692 g/mol. The average Bonchev–Trinajstić information content (AvgIpc) is 3.13. The van der Waals surface area contributed by atoms with Crippen molar-refractivity contribution in [2.45, 2.75) is 19.8 Å². The first-order valence-electron chi connectivity index (χ1n) is 16.6. The van der Waals surface area contributed by atoms with E-state index < -0.39 is 23.8 Å². The maximum Gasteiger partial charge on any atom is 0.336 e. The predicted molar refractivity (Wildman–Crippen MR) is 203 cm³/mol. The van der Waals surface area contributed by atoms with E-state index in [1.807, 2.05) is 55.6 Å². The number of hydrogen-bond donors (Lipinski definition) is 5. The molecule has 7 aromatic rings. The quantitative estimate of drug-likeness (QED) is 0.0700. The van der Waals surface area contributed by atoms with E-state index in [4.69, 9.17) is 10.5 Å². The molecule has 0 saturated heterocycles. The number of carboxylic acids is 2. The number of carbonyl (C=O) groups is 4. The molecule has 0 atom stereocenters.